The molecule has 0 bridgehead atoms. The Balaban J connectivity index is 3.67. The molecule has 0 saturated carbocycles. The van der Waals surface area contributed by atoms with E-state index in [-0.39, 0.29) is 5.97 Å². The van der Waals surface area contributed by atoms with Gasteiger partial charge < -0.3 is 13.3 Å². The van der Waals surface area contributed by atoms with E-state index in [1.165, 1.54) is 0 Å². The van der Waals surface area contributed by atoms with E-state index in [1.807, 2.05) is 0 Å². The lowest BCUT2D eigenvalue weighted by molar-refractivity contribution is -0.272. The first-order chi connectivity index (χ1) is 7.64. The Labute approximate surface area is 97.1 Å². The molecule has 7 heteroatoms. The number of hydrogen-bond acceptors (Lipinski definition) is 6. The van der Waals surface area contributed by atoms with Crippen molar-refractivity contribution in [1.82, 2.24) is 0 Å². The van der Waals surface area contributed by atoms with Gasteiger partial charge in [0.1, 0.15) is 0 Å². The quantitative estimate of drug-likeness (QED) is 0.265. The summed E-state index contributed by atoms with van der Waals surface area (Å²) in [6.07, 6.45) is 0.936. The summed E-state index contributed by atoms with van der Waals surface area (Å²) in [7, 11) is 2.13. The topological polar surface area (TPSA) is 63.2 Å². The standard InChI is InChI=1S/C9H20O6Si/c1-5-9(10)15-14-7-6-8-16(11-2,12-3)13-4/h5-8H2,1-4H3. The van der Waals surface area contributed by atoms with Crippen molar-refractivity contribution in [3.8, 4) is 0 Å². The molecule has 0 unspecified atom stereocenters. The minimum atomic E-state index is -2.52. The fraction of sp³-hybridized carbons (Fsp3) is 0.889. The summed E-state index contributed by atoms with van der Waals surface area (Å²) in [5.41, 5.74) is 0. The molecular weight excluding hydrogens is 232 g/mol. The van der Waals surface area contributed by atoms with Crippen molar-refractivity contribution in [2.24, 2.45) is 0 Å². The van der Waals surface area contributed by atoms with Crippen molar-refractivity contribution < 1.29 is 27.8 Å². The molecule has 0 rings (SSSR count). The molecule has 0 spiro atoms. The van der Waals surface area contributed by atoms with Crippen molar-refractivity contribution in [1.29, 1.82) is 0 Å². The van der Waals surface area contributed by atoms with Gasteiger partial charge in [-0.3, -0.25) is 4.89 Å². The van der Waals surface area contributed by atoms with Gasteiger partial charge in [-0.05, 0) is 6.42 Å². The molecule has 0 atom stereocenters. The largest absolute Gasteiger partial charge is 0.500 e. The van der Waals surface area contributed by atoms with E-state index in [4.69, 9.17) is 18.2 Å². The van der Waals surface area contributed by atoms with Gasteiger partial charge in [-0.2, -0.15) is 4.89 Å². The Morgan fingerprint density at radius 1 is 1.12 bits per heavy atom. The average molecular weight is 252 g/mol. The predicted molar refractivity (Wildman–Crippen MR) is 58.5 cm³/mol. The van der Waals surface area contributed by atoms with E-state index < -0.39 is 8.80 Å². The summed E-state index contributed by atoms with van der Waals surface area (Å²) in [5.74, 6) is -0.381. The Kier molecular flexibility index (Phi) is 8.40. The second-order valence-corrected chi connectivity index (χ2v) is 6.12. The molecule has 0 aliphatic carbocycles. The number of rotatable bonds is 9. The van der Waals surface area contributed by atoms with Crippen LogP contribution in [-0.2, 0) is 27.8 Å². The molecule has 0 radical (unpaired) electrons. The number of hydrogen-bond donors (Lipinski definition) is 0. The first-order valence-corrected chi connectivity index (χ1v) is 7.05. The van der Waals surface area contributed by atoms with E-state index in [9.17, 15) is 4.79 Å². The van der Waals surface area contributed by atoms with Crippen LogP contribution in [0.2, 0.25) is 6.04 Å². The van der Waals surface area contributed by atoms with Gasteiger partial charge in [0.15, 0.2) is 0 Å². The van der Waals surface area contributed by atoms with Crippen molar-refractivity contribution in [2.75, 3.05) is 27.9 Å². The zero-order valence-corrected chi connectivity index (χ0v) is 11.3. The highest BCUT2D eigenvalue weighted by Crippen LogP contribution is 2.14. The van der Waals surface area contributed by atoms with Crippen molar-refractivity contribution in [2.45, 2.75) is 25.8 Å². The molecule has 0 aromatic heterocycles. The first kappa shape index (κ1) is 15.5. The van der Waals surface area contributed by atoms with E-state index in [2.05, 4.69) is 4.89 Å². The third-order valence-corrected chi connectivity index (χ3v) is 4.92. The predicted octanol–water partition coefficient (Wildman–Crippen LogP) is 1.14. The molecule has 16 heavy (non-hydrogen) atoms. The van der Waals surface area contributed by atoms with Crippen LogP contribution >= 0.6 is 0 Å². The minimum absolute atomic E-state index is 0.299. The van der Waals surface area contributed by atoms with Gasteiger partial charge in [-0.25, -0.2) is 4.79 Å². The van der Waals surface area contributed by atoms with Crippen LogP contribution in [0, 0.1) is 0 Å². The maximum absolute atomic E-state index is 10.7. The SMILES string of the molecule is CCC(=O)OOCCC[Si](OC)(OC)OC. The fourth-order valence-electron chi connectivity index (χ4n) is 1.07. The maximum Gasteiger partial charge on any atom is 0.500 e. The van der Waals surface area contributed by atoms with Crippen LogP contribution in [0.1, 0.15) is 19.8 Å². The highest BCUT2D eigenvalue weighted by molar-refractivity contribution is 6.60. The van der Waals surface area contributed by atoms with Gasteiger partial charge in [-0.1, -0.05) is 6.92 Å². The van der Waals surface area contributed by atoms with Gasteiger partial charge in [-0.15, -0.1) is 0 Å². The van der Waals surface area contributed by atoms with E-state index >= 15 is 0 Å². The molecule has 96 valence electrons. The highest BCUT2D eigenvalue weighted by Gasteiger charge is 2.36. The van der Waals surface area contributed by atoms with Gasteiger partial charge in [0.25, 0.3) is 0 Å². The lowest BCUT2D eigenvalue weighted by atomic mass is 10.5. The Morgan fingerprint density at radius 2 is 1.69 bits per heavy atom. The fourth-order valence-corrected chi connectivity index (χ4v) is 2.76. The number of carbonyl (C=O) groups is 1. The van der Waals surface area contributed by atoms with Crippen LogP contribution in [0.4, 0.5) is 0 Å². The molecule has 0 aliphatic rings. The van der Waals surface area contributed by atoms with Gasteiger partial charge in [0.05, 0.1) is 6.61 Å². The lowest BCUT2D eigenvalue weighted by Crippen LogP contribution is -2.42. The smallest absolute Gasteiger partial charge is 0.377 e. The Morgan fingerprint density at radius 3 is 2.12 bits per heavy atom. The molecule has 0 amide bonds. The first-order valence-electron chi connectivity index (χ1n) is 5.11. The molecule has 0 saturated heterocycles. The highest BCUT2D eigenvalue weighted by atomic mass is 28.4. The second kappa shape index (κ2) is 8.65. The van der Waals surface area contributed by atoms with Crippen molar-refractivity contribution in [3.05, 3.63) is 0 Å². The van der Waals surface area contributed by atoms with Crippen LogP contribution in [-0.4, -0.2) is 42.7 Å². The third-order valence-electron chi connectivity index (χ3n) is 2.08. The molecular formula is C9H20O6Si. The van der Waals surface area contributed by atoms with E-state index in [0.717, 1.165) is 0 Å². The Bertz CT molecular complexity index is 186. The molecule has 0 heterocycles. The summed E-state index contributed by atoms with van der Waals surface area (Å²) in [6.45, 7) is 2.00. The molecule has 0 fully saturated rings. The summed E-state index contributed by atoms with van der Waals surface area (Å²) >= 11 is 0. The van der Waals surface area contributed by atoms with Crippen LogP contribution in [0.3, 0.4) is 0 Å². The third kappa shape index (κ3) is 5.57. The van der Waals surface area contributed by atoms with Gasteiger partial charge in [0, 0.05) is 33.8 Å². The molecule has 6 nitrogen and oxygen atoms in total. The van der Waals surface area contributed by atoms with Crippen molar-refractivity contribution in [3.63, 3.8) is 0 Å². The van der Waals surface area contributed by atoms with Crippen LogP contribution < -0.4 is 0 Å². The average Bonchev–Trinajstić information content (AvgIpc) is 2.34. The minimum Gasteiger partial charge on any atom is -0.377 e. The summed E-state index contributed by atoms with van der Waals surface area (Å²) < 4.78 is 15.6. The molecule has 0 N–H and O–H groups in total. The summed E-state index contributed by atoms with van der Waals surface area (Å²) in [6, 6.07) is 0.611. The van der Waals surface area contributed by atoms with Crippen LogP contribution in [0.25, 0.3) is 0 Å². The summed E-state index contributed by atoms with van der Waals surface area (Å²) in [5, 5.41) is 0. The molecule has 0 aliphatic heterocycles. The van der Waals surface area contributed by atoms with Crippen molar-refractivity contribution >= 4 is 14.8 Å². The monoisotopic (exact) mass is 252 g/mol. The van der Waals surface area contributed by atoms with Crippen LogP contribution in [0.15, 0.2) is 0 Å². The van der Waals surface area contributed by atoms with Crippen LogP contribution in [0.5, 0.6) is 0 Å². The molecule has 0 aromatic rings. The second-order valence-electron chi connectivity index (χ2n) is 3.03. The van der Waals surface area contributed by atoms with E-state index in [1.54, 1.807) is 28.3 Å². The Hall–Kier alpha value is -0.473. The van der Waals surface area contributed by atoms with Gasteiger partial charge >= 0.3 is 14.8 Å². The zero-order chi connectivity index (χ0) is 12.4. The van der Waals surface area contributed by atoms with Gasteiger partial charge in [0.2, 0.25) is 0 Å². The number of carbonyl (C=O) groups excluding carboxylic acids is 1. The maximum atomic E-state index is 10.7. The normalized spacial score (nSPS) is 11.5. The molecule has 0 aromatic carbocycles. The zero-order valence-electron chi connectivity index (χ0n) is 10.3. The van der Waals surface area contributed by atoms with E-state index in [0.29, 0.717) is 25.5 Å². The lowest BCUT2D eigenvalue weighted by Gasteiger charge is -2.23. The summed E-state index contributed by atoms with van der Waals surface area (Å²) in [4.78, 5) is 19.9.